The van der Waals surface area contributed by atoms with Crippen molar-refractivity contribution in [1.29, 1.82) is 0 Å². The molecule has 3 rings (SSSR count). The Morgan fingerprint density at radius 1 is 1.05 bits per heavy atom. The van der Waals surface area contributed by atoms with Gasteiger partial charge in [0.1, 0.15) is 0 Å². The molecule has 104 valence electrons. The fourth-order valence-corrected chi connectivity index (χ4v) is 2.82. The SMILES string of the molecule is Cc1cc(C)cc(CC(=O)c2cccc3cnccc23)c1. The molecule has 0 saturated heterocycles. The van der Waals surface area contributed by atoms with Crippen LogP contribution in [-0.4, -0.2) is 10.8 Å². The van der Waals surface area contributed by atoms with Crippen LogP contribution >= 0.6 is 0 Å². The number of hydrogen-bond acceptors (Lipinski definition) is 2. The lowest BCUT2D eigenvalue weighted by Crippen LogP contribution is -2.05. The van der Waals surface area contributed by atoms with Gasteiger partial charge in [-0.05, 0) is 30.9 Å². The van der Waals surface area contributed by atoms with E-state index in [-0.39, 0.29) is 5.78 Å². The summed E-state index contributed by atoms with van der Waals surface area (Å²) in [5, 5.41) is 1.98. The Balaban J connectivity index is 1.97. The molecule has 0 amide bonds. The molecule has 0 aliphatic heterocycles. The summed E-state index contributed by atoms with van der Waals surface area (Å²) >= 11 is 0. The van der Waals surface area contributed by atoms with Crippen LogP contribution in [0.3, 0.4) is 0 Å². The number of benzene rings is 2. The predicted octanol–water partition coefficient (Wildman–Crippen LogP) is 4.28. The molecule has 2 heteroatoms. The molecule has 2 nitrogen and oxygen atoms in total. The minimum Gasteiger partial charge on any atom is -0.294 e. The molecule has 1 heterocycles. The molecule has 0 saturated carbocycles. The van der Waals surface area contributed by atoms with Crippen LogP contribution in [0.2, 0.25) is 0 Å². The van der Waals surface area contributed by atoms with Crippen molar-refractivity contribution in [2.24, 2.45) is 0 Å². The van der Waals surface area contributed by atoms with E-state index in [0.29, 0.717) is 6.42 Å². The van der Waals surface area contributed by atoms with Gasteiger partial charge < -0.3 is 0 Å². The number of aryl methyl sites for hydroxylation is 2. The lowest BCUT2D eigenvalue weighted by atomic mass is 9.97. The largest absolute Gasteiger partial charge is 0.294 e. The molecule has 2 aromatic carbocycles. The van der Waals surface area contributed by atoms with E-state index < -0.39 is 0 Å². The molecule has 0 N–H and O–H groups in total. The van der Waals surface area contributed by atoms with Crippen molar-refractivity contribution in [3.8, 4) is 0 Å². The first kappa shape index (κ1) is 13.5. The fourth-order valence-electron chi connectivity index (χ4n) is 2.82. The second kappa shape index (κ2) is 5.49. The molecule has 3 aromatic rings. The lowest BCUT2D eigenvalue weighted by molar-refractivity contribution is 0.0994. The van der Waals surface area contributed by atoms with E-state index in [4.69, 9.17) is 0 Å². The lowest BCUT2D eigenvalue weighted by Gasteiger charge is -2.07. The summed E-state index contributed by atoms with van der Waals surface area (Å²) in [6.07, 6.45) is 3.96. The van der Waals surface area contributed by atoms with Gasteiger partial charge in [-0.25, -0.2) is 0 Å². The Labute approximate surface area is 124 Å². The maximum atomic E-state index is 12.6. The molecule has 0 unspecified atom stereocenters. The molecule has 0 bridgehead atoms. The third kappa shape index (κ3) is 2.84. The highest BCUT2D eigenvalue weighted by Gasteiger charge is 2.11. The van der Waals surface area contributed by atoms with Crippen molar-refractivity contribution in [2.45, 2.75) is 20.3 Å². The monoisotopic (exact) mass is 275 g/mol. The Hall–Kier alpha value is -2.48. The summed E-state index contributed by atoms with van der Waals surface area (Å²) in [6, 6.07) is 14.0. The Morgan fingerprint density at radius 3 is 2.57 bits per heavy atom. The molecule has 0 aliphatic carbocycles. The van der Waals surface area contributed by atoms with Crippen LogP contribution in [0.4, 0.5) is 0 Å². The van der Waals surface area contributed by atoms with E-state index in [1.165, 1.54) is 11.1 Å². The van der Waals surface area contributed by atoms with Gasteiger partial charge in [0.25, 0.3) is 0 Å². The normalized spacial score (nSPS) is 10.8. The zero-order valence-corrected chi connectivity index (χ0v) is 12.3. The van der Waals surface area contributed by atoms with E-state index in [9.17, 15) is 4.79 Å². The molecule has 0 aliphatic rings. The summed E-state index contributed by atoms with van der Waals surface area (Å²) in [4.78, 5) is 16.7. The van der Waals surface area contributed by atoms with Crippen molar-refractivity contribution in [3.63, 3.8) is 0 Å². The van der Waals surface area contributed by atoms with E-state index in [2.05, 4.69) is 37.0 Å². The summed E-state index contributed by atoms with van der Waals surface area (Å²) in [5.74, 6) is 0.150. The highest BCUT2D eigenvalue weighted by molar-refractivity contribution is 6.08. The topological polar surface area (TPSA) is 30.0 Å². The third-order valence-electron chi connectivity index (χ3n) is 3.63. The minimum atomic E-state index is 0.150. The average Bonchev–Trinajstić information content (AvgIpc) is 2.45. The Kier molecular flexibility index (Phi) is 3.53. The molecule has 21 heavy (non-hydrogen) atoms. The van der Waals surface area contributed by atoms with Gasteiger partial charge in [-0.15, -0.1) is 0 Å². The summed E-state index contributed by atoms with van der Waals surface area (Å²) in [6.45, 7) is 4.12. The van der Waals surface area contributed by atoms with Gasteiger partial charge in [-0.3, -0.25) is 9.78 Å². The zero-order valence-electron chi connectivity index (χ0n) is 12.3. The zero-order chi connectivity index (χ0) is 14.8. The number of ketones is 1. The predicted molar refractivity (Wildman–Crippen MR) is 85.7 cm³/mol. The van der Waals surface area contributed by atoms with E-state index in [1.807, 2.05) is 24.3 Å². The number of carbonyl (C=O) groups excluding carboxylic acids is 1. The van der Waals surface area contributed by atoms with Crippen LogP contribution in [0, 0.1) is 13.8 Å². The number of fused-ring (bicyclic) bond motifs is 1. The smallest absolute Gasteiger partial charge is 0.167 e. The Bertz CT molecular complexity index is 795. The van der Waals surface area contributed by atoms with Crippen molar-refractivity contribution < 1.29 is 4.79 Å². The minimum absolute atomic E-state index is 0.150. The fraction of sp³-hybridized carbons (Fsp3) is 0.158. The molecule has 0 atom stereocenters. The average molecular weight is 275 g/mol. The first-order chi connectivity index (χ1) is 10.1. The number of Topliss-reactive ketones (excluding diaryl/α,β-unsaturated/α-hetero) is 1. The van der Waals surface area contributed by atoms with Gasteiger partial charge in [0.2, 0.25) is 0 Å². The number of rotatable bonds is 3. The van der Waals surface area contributed by atoms with Crippen LogP contribution in [0.5, 0.6) is 0 Å². The van der Waals surface area contributed by atoms with Crippen LogP contribution in [0.25, 0.3) is 10.8 Å². The van der Waals surface area contributed by atoms with Crippen molar-refractivity contribution in [3.05, 3.63) is 77.1 Å². The van der Waals surface area contributed by atoms with E-state index in [1.54, 1.807) is 12.4 Å². The van der Waals surface area contributed by atoms with Crippen molar-refractivity contribution in [1.82, 2.24) is 4.98 Å². The number of aromatic nitrogens is 1. The van der Waals surface area contributed by atoms with Gasteiger partial charge in [0, 0.05) is 29.8 Å². The number of nitrogens with zero attached hydrogens (tertiary/aromatic N) is 1. The van der Waals surface area contributed by atoms with Crippen LogP contribution < -0.4 is 0 Å². The van der Waals surface area contributed by atoms with Crippen LogP contribution in [0.15, 0.2) is 54.9 Å². The highest BCUT2D eigenvalue weighted by atomic mass is 16.1. The second-order valence-corrected chi connectivity index (χ2v) is 5.50. The van der Waals surface area contributed by atoms with Gasteiger partial charge >= 0.3 is 0 Å². The molecule has 0 fully saturated rings. The standard InChI is InChI=1S/C19H17NO/c1-13-8-14(2)10-15(9-13)11-19(21)18-5-3-4-16-12-20-7-6-17(16)18/h3-10,12H,11H2,1-2H3. The number of hydrogen-bond donors (Lipinski definition) is 0. The van der Waals surface area contributed by atoms with E-state index >= 15 is 0 Å². The summed E-state index contributed by atoms with van der Waals surface area (Å²) < 4.78 is 0. The molecule has 0 radical (unpaired) electrons. The number of pyridine rings is 1. The molecular formula is C19H17NO. The second-order valence-electron chi connectivity index (χ2n) is 5.50. The summed E-state index contributed by atoms with van der Waals surface area (Å²) in [7, 11) is 0. The van der Waals surface area contributed by atoms with Gasteiger partial charge in [0.15, 0.2) is 5.78 Å². The first-order valence-electron chi connectivity index (χ1n) is 7.06. The van der Waals surface area contributed by atoms with Gasteiger partial charge in [-0.1, -0.05) is 47.5 Å². The molecule has 1 aromatic heterocycles. The van der Waals surface area contributed by atoms with Gasteiger partial charge in [0.05, 0.1) is 0 Å². The first-order valence-corrected chi connectivity index (χ1v) is 7.06. The third-order valence-corrected chi connectivity index (χ3v) is 3.63. The Morgan fingerprint density at radius 2 is 1.81 bits per heavy atom. The summed E-state index contributed by atoms with van der Waals surface area (Å²) in [5.41, 5.74) is 4.23. The number of carbonyl (C=O) groups is 1. The van der Waals surface area contributed by atoms with Crippen molar-refractivity contribution in [2.75, 3.05) is 0 Å². The maximum absolute atomic E-state index is 12.6. The molecule has 0 spiro atoms. The quantitative estimate of drug-likeness (QED) is 0.668. The highest BCUT2D eigenvalue weighted by Crippen LogP contribution is 2.20. The van der Waals surface area contributed by atoms with E-state index in [0.717, 1.165) is 21.9 Å². The van der Waals surface area contributed by atoms with Crippen LogP contribution in [-0.2, 0) is 6.42 Å². The van der Waals surface area contributed by atoms with Gasteiger partial charge in [-0.2, -0.15) is 0 Å². The molecular weight excluding hydrogens is 258 g/mol. The maximum Gasteiger partial charge on any atom is 0.167 e. The van der Waals surface area contributed by atoms with Crippen LogP contribution in [0.1, 0.15) is 27.0 Å². The van der Waals surface area contributed by atoms with Crippen molar-refractivity contribution >= 4 is 16.6 Å².